The van der Waals surface area contributed by atoms with Gasteiger partial charge in [0.1, 0.15) is 11.5 Å². The Morgan fingerprint density at radius 2 is 2.10 bits per heavy atom. The fraction of sp³-hybridized carbons (Fsp3) is 0.0769. The van der Waals surface area contributed by atoms with Gasteiger partial charge < -0.3 is 10.7 Å². The third-order valence-corrected chi connectivity index (χ3v) is 3.27. The zero-order valence-corrected chi connectivity index (χ0v) is 12.9. The number of aryl methyl sites for hydroxylation is 1. The van der Waals surface area contributed by atoms with E-state index in [1.54, 1.807) is 18.2 Å². The second-order valence-electron chi connectivity index (χ2n) is 4.14. The Bertz CT molecular complexity index is 643. The molecule has 1 aromatic heterocycles. The summed E-state index contributed by atoms with van der Waals surface area (Å²) in [5.74, 6) is 5.23. The molecule has 1 amide bonds. The van der Waals surface area contributed by atoms with Crippen LogP contribution < -0.4 is 16.6 Å². The SMILES string of the molecule is Cc1cc(Br)cc(NC(=O)c2nc(NN)ccc2Cl)c1. The first-order chi connectivity index (χ1) is 9.49. The number of halogens is 2. The first-order valence-corrected chi connectivity index (χ1v) is 6.88. The third-order valence-electron chi connectivity index (χ3n) is 2.51. The van der Waals surface area contributed by atoms with E-state index in [4.69, 9.17) is 17.4 Å². The van der Waals surface area contributed by atoms with Gasteiger partial charge in [0.15, 0.2) is 0 Å². The second-order valence-corrected chi connectivity index (χ2v) is 5.47. The molecule has 0 atom stereocenters. The van der Waals surface area contributed by atoms with Crippen LogP contribution in [0.4, 0.5) is 11.5 Å². The number of nitrogens with zero attached hydrogens (tertiary/aromatic N) is 1. The number of hydrazine groups is 1. The van der Waals surface area contributed by atoms with Crippen LogP contribution in [0.1, 0.15) is 16.1 Å². The number of amides is 1. The van der Waals surface area contributed by atoms with E-state index in [-0.39, 0.29) is 10.7 Å². The largest absolute Gasteiger partial charge is 0.321 e. The highest BCUT2D eigenvalue weighted by atomic mass is 79.9. The Morgan fingerprint density at radius 1 is 1.35 bits per heavy atom. The van der Waals surface area contributed by atoms with Gasteiger partial charge in [-0.15, -0.1) is 0 Å². The Kier molecular flexibility index (Phi) is 4.59. The number of carbonyl (C=O) groups is 1. The number of nitrogens with one attached hydrogen (secondary N) is 2. The van der Waals surface area contributed by atoms with Crippen LogP contribution in [0.15, 0.2) is 34.8 Å². The first-order valence-electron chi connectivity index (χ1n) is 5.71. The summed E-state index contributed by atoms with van der Waals surface area (Å²) in [5.41, 5.74) is 4.16. The molecule has 0 saturated heterocycles. The molecule has 0 aliphatic heterocycles. The van der Waals surface area contributed by atoms with Gasteiger partial charge in [-0.1, -0.05) is 27.5 Å². The number of anilines is 2. The molecule has 20 heavy (non-hydrogen) atoms. The van der Waals surface area contributed by atoms with Gasteiger partial charge >= 0.3 is 0 Å². The second kappa shape index (κ2) is 6.21. The maximum atomic E-state index is 12.2. The minimum Gasteiger partial charge on any atom is -0.321 e. The molecule has 0 unspecified atom stereocenters. The highest BCUT2D eigenvalue weighted by molar-refractivity contribution is 9.10. The molecule has 7 heteroatoms. The highest BCUT2D eigenvalue weighted by Crippen LogP contribution is 2.21. The standard InChI is InChI=1S/C13H12BrClN4O/c1-7-4-8(14)6-9(5-7)17-13(20)12-10(15)2-3-11(18-12)19-16/h2-6H,16H2,1H3,(H,17,20)(H,18,19). The fourth-order valence-electron chi connectivity index (χ4n) is 1.68. The van der Waals surface area contributed by atoms with Crippen molar-refractivity contribution in [3.8, 4) is 0 Å². The third kappa shape index (κ3) is 3.47. The van der Waals surface area contributed by atoms with Gasteiger partial charge in [-0.2, -0.15) is 0 Å². The van der Waals surface area contributed by atoms with Crippen molar-refractivity contribution in [2.24, 2.45) is 5.84 Å². The molecule has 0 radical (unpaired) electrons. The monoisotopic (exact) mass is 354 g/mol. The van der Waals surface area contributed by atoms with Gasteiger partial charge in [-0.3, -0.25) is 4.79 Å². The molecule has 0 spiro atoms. The van der Waals surface area contributed by atoms with E-state index < -0.39 is 5.91 Å². The lowest BCUT2D eigenvalue weighted by molar-refractivity contribution is 0.102. The number of hydrogen-bond donors (Lipinski definition) is 3. The molecule has 0 aliphatic rings. The van der Waals surface area contributed by atoms with Crippen LogP contribution in [-0.2, 0) is 0 Å². The Balaban J connectivity index is 2.27. The van der Waals surface area contributed by atoms with Crippen molar-refractivity contribution in [3.05, 3.63) is 51.1 Å². The topological polar surface area (TPSA) is 80.0 Å². The van der Waals surface area contributed by atoms with Crippen LogP contribution in [0.3, 0.4) is 0 Å². The van der Waals surface area contributed by atoms with Crippen molar-refractivity contribution in [1.82, 2.24) is 4.98 Å². The molecular weight excluding hydrogens is 344 g/mol. The number of rotatable bonds is 3. The van der Waals surface area contributed by atoms with E-state index in [0.717, 1.165) is 10.0 Å². The molecule has 1 heterocycles. The van der Waals surface area contributed by atoms with Crippen molar-refractivity contribution in [2.75, 3.05) is 10.7 Å². The van der Waals surface area contributed by atoms with Crippen molar-refractivity contribution in [3.63, 3.8) is 0 Å². The molecule has 0 bridgehead atoms. The fourth-order valence-corrected chi connectivity index (χ4v) is 2.48. The van der Waals surface area contributed by atoms with E-state index in [1.165, 1.54) is 0 Å². The first kappa shape index (κ1) is 14.8. The number of pyridine rings is 1. The number of benzene rings is 1. The van der Waals surface area contributed by atoms with Crippen molar-refractivity contribution < 1.29 is 4.79 Å². The van der Waals surface area contributed by atoms with Crippen molar-refractivity contribution >= 4 is 44.9 Å². The average molecular weight is 356 g/mol. The van der Waals surface area contributed by atoms with Crippen LogP contribution in [0.2, 0.25) is 5.02 Å². The Labute approximate surface area is 129 Å². The lowest BCUT2D eigenvalue weighted by Gasteiger charge is -2.09. The van der Waals surface area contributed by atoms with E-state index in [9.17, 15) is 4.79 Å². The Morgan fingerprint density at radius 3 is 2.75 bits per heavy atom. The highest BCUT2D eigenvalue weighted by Gasteiger charge is 2.13. The molecule has 0 saturated carbocycles. The predicted molar refractivity (Wildman–Crippen MR) is 83.9 cm³/mol. The van der Waals surface area contributed by atoms with Gasteiger partial charge in [-0.05, 0) is 42.8 Å². The molecule has 0 aliphatic carbocycles. The minimum absolute atomic E-state index is 0.111. The van der Waals surface area contributed by atoms with Gasteiger partial charge in [0, 0.05) is 10.2 Å². The number of nitrogens with two attached hydrogens (primary N) is 1. The summed E-state index contributed by atoms with van der Waals surface area (Å²) in [6, 6.07) is 8.73. The average Bonchev–Trinajstić information content (AvgIpc) is 2.37. The molecule has 2 rings (SSSR count). The summed E-state index contributed by atoms with van der Waals surface area (Å²) in [7, 11) is 0. The van der Waals surface area contributed by atoms with E-state index >= 15 is 0 Å². The van der Waals surface area contributed by atoms with Gasteiger partial charge in [-0.25, -0.2) is 10.8 Å². The zero-order chi connectivity index (χ0) is 14.7. The molecule has 2 aromatic rings. The quantitative estimate of drug-likeness (QED) is 0.583. The summed E-state index contributed by atoms with van der Waals surface area (Å²) in [5, 5.41) is 3.01. The maximum absolute atomic E-state index is 12.2. The van der Waals surface area contributed by atoms with E-state index in [2.05, 4.69) is 31.7 Å². The van der Waals surface area contributed by atoms with Crippen molar-refractivity contribution in [1.29, 1.82) is 0 Å². The molecule has 5 nitrogen and oxygen atoms in total. The van der Waals surface area contributed by atoms with E-state index in [0.29, 0.717) is 11.5 Å². The normalized spacial score (nSPS) is 10.2. The lowest BCUT2D eigenvalue weighted by atomic mass is 10.2. The van der Waals surface area contributed by atoms with Crippen molar-refractivity contribution in [2.45, 2.75) is 6.92 Å². The van der Waals surface area contributed by atoms with Gasteiger partial charge in [0.05, 0.1) is 5.02 Å². The molecule has 0 fully saturated rings. The van der Waals surface area contributed by atoms with Crippen LogP contribution in [0.25, 0.3) is 0 Å². The Hall–Kier alpha value is -1.63. The number of aromatic nitrogens is 1. The number of nitrogen functional groups attached to an aromatic ring is 1. The summed E-state index contributed by atoms with van der Waals surface area (Å²) in [6.45, 7) is 1.94. The molecule has 104 valence electrons. The predicted octanol–water partition coefficient (Wildman–Crippen LogP) is 3.34. The zero-order valence-electron chi connectivity index (χ0n) is 10.6. The van der Waals surface area contributed by atoms with Crippen LogP contribution in [0, 0.1) is 6.92 Å². The summed E-state index contributed by atoms with van der Waals surface area (Å²) in [4.78, 5) is 16.2. The summed E-state index contributed by atoms with van der Waals surface area (Å²) in [6.07, 6.45) is 0. The number of hydrogen-bond acceptors (Lipinski definition) is 4. The van der Waals surface area contributed by atoms with E-state index in [1.807, 2.05) is 19.1 Å². The van der Waals surface area contributed by atoms with Crippen LogP contribution >= 0.6 is 27.5 Å². The van der Waals surface area contributed by atoms with Gasteiger partial charge in [0.2, 0.25) is 0 Å². The van der Waals surface area contributed by atoms with Crippen LogP contribution in [-0.4, -0.2) is 10.9 Å². The summed E-state index contributed by atoms with van der Waals surface area (Å²) >= 11 is 9.35. The molecular formula is C13H12BrClN4O. The molecule has 1 aromatic carbocycles. The summed E-state index contributed by atoms with van der Waals surface area (Å²) < 4.78 is 0.879. The van der Waals surface area contributed by atoms with Crippen LogP contribution in [0.5, 0.6) is 0 Å². The lowest BCUT2D eigenvalue weighted by Crippen LogP contribution is -2.17. The minimum atomic E-state index is -0.399. The number of carbonyl (C=O) groups excluding carboxylic acids is 1. The van der Waals surface area contributed by atoms with Gasteiger partial charge in [0.25, 0.3) is 5.91 Å². The smallest absolute Gasteiger partial charge is 0.275 e. The molecule has 4 N–H and O–H groups in total. The maximum Gasteiger partial charge on any atom is 0.275 e.